The first-order valence-corrected chi connectivity index (χ1v) is 15.1. The van der Waals surface area contributed by atoms with E-state index in [1.54, 1.807) is 6.07 Å². The summed E-state index contributed by atoms with van der Waals surface area (Å²) in [5, 5.41) is 13.6. The number of anilines is 6. The van der Waals surface area contributed by atoms with Crippen LogP contribution in [0.3, 0.4) is 0 Å². The van der Waals surface area contributed by atoms with Crippen LogP contribution in [0.1, 0.15) is 5.56 Å². The lowest BCUT2D eigenvalue weighted by atomic mass is 9.78. The van der Waals surface area contributed by atoms with E-state index in [9.17, 15) is 9.90 Å². The van der Waals surface area contributed by atoms with Crippen LogP contribution in [0.5, 0.6) is 0 Å². The van der Waals surface area contributed by atoms with Crippen molar-refractivity contribution in [3.63, 3.8) is 0 Å². The van der Waals surface area contributed by atoms with Gasteiger partial charge in [-0.2, -0.15) is 0 Å². The second kappa shape index (κ2) is 12.1. The molecule has 224 valence electrons. The third kappa shape index (κ3) is 5.17. The van der Waals surface area contributed by atoms with Crippen LogP contribution in [-0.2, 0) is 4.79 Å². The van der Waals surface area contributed by atoms with Gasteiger partial charge >= 0.3 is 0 Å². The Kier molecular flexibility index (Phi) is 7.54. The van der Waals surface area contributed by atoms with Gasteiger partial charge in [0.2, 0.25) is 0 Å². The fraction of sp³-hybridized carbons (Fsp3) is 0.0250. The SMILES string of the molecule is Nc1cc(N(c2ccccc2)c2ccccc2)ccc1C1=C([O-])/C(=C2/C=CC(N(c3ccccc3)c3ccccc3)=CC2[NH3+])C1=O. The van der Waals surface area contributed by atoms with Crippen molar-refractivity contribution in [1.82, 2.24) is 0 Å². The first kappa shape index (κ1) is 28.6. The van der Waals surface area contributed by atoms with Crippen molar-refractivity contribution in [2.24, 2.45) is 0 Å². The second-order valence-electron chi connectivity index (χ2n) is 11.2. The highest BCUT2D eigenvalue weighted by Crippen LogP contribution is 2.43. The average molecular weight is 601 g/mol. The van der Waals surface area contributed by atoms with Crippen LogP contribution in [0.2, 0.25) is 0 Å². The van der Waals surface area contributed by atoms with E-state index in [1.165, 1.54) is 0 Å². The summed E-state index contributed by atoms with van der Waals surface area (Å²) in [6.45, 7) is 0. The summed E-state index contributed by atoms with van der Waals surface area (Å²) < 4.78 is 0. The molecule has 5 N–H and O–H groups in total. The fourth-order valence-electron chi connectivity index (χ4n) is 6.09. The van der Waals surface area contributed by atoms with Crippen molar-refractivity contribution in [3.8, 4) is 0 Å². The lowest BCUT2D eigenvalue weighted by Gasteiger charge is -2.35. The highest BCUT2D eigenvalue weighted by molar-refractivity contribution is 6.40. The number of allylic oxidation sites excluding steroid dienone is 3. The minimum Gasteiger partial charge on any atom is -0.871 e. The largest absolute Gasteiger partial charge is 0.871 e. The molecule has 6 heteroatoms. The lowest BCUT2D eigenvalue weighted by molar-refractivity contribution is -0.390. The van der Waals surface area contributed by atoms with E-state index in [0.29, 0.717) is 16.8 Å². The molecular weight excluding hydrogens is 568 g/mol. The Bertz CT molecular complexity index is 1950. The average Bonchev–Trinajstić information content (AvgIpc) is 3.09. The molecule has 0 fully saturated rings. The number of hydrogen-bond donors (Lipinski definition) is 2. The van der Waals surface area contributed by atoms with Crippen LogP contribution in [0, 0.1) is 0 Å². The fourth-order valence-corrected chi connectivity index (χ4v) is 6.09. The molecule has 0 heterocycles. The van der Waals surface area contributed by atoms with Crippen molar-refractivity contribution in [2.75, 3.05) is 15.5 Å². The number of Topliss-reactive ketones (excluding diaryl/α,β-unsaturated/α-hetero) is 1. The molecule has 0 saturated carbocycles. The van der Waals surface area contributed by atoms with E-state index in [4.69, 9.17) is 5.73 Å². The molecule has 2 aliphatic carbocycles. The van der Waals surface area contributed by atoms with E-state index in [-0.39, 0.29) is 22.7 Å². The Morgan fingerprint density at radius 3 is 1.50 bits per heavy atom. The number of nitrogen functional groups attached to an aromatic ring is 1. The summed E-state index contributed by atoms with van der Waals surface area (Å²) in [7, 11) is 0. The number of ketones is 1. The van der Waals surface area contributed by atoms with Crippen molar-refractivity contribution < 1.29 is 15.6 Å². The number of benzene rings is 5. The van der Waals surface area contributed by atoms with Crippen molar-refractivity contribution in [3.05, 3.63) is 186 Å². The highest BCUT2D eigenvalue weighted by Gasteiger charge is 2.35. The number of nitrogens with two attached hydrogens (primary N) is 1. The van der Waals surface area contributed by atoms with Gasteiger partial charge < -0.3 is 26.4 Å². The van der Waals surface area contributed by atoms with E-state index in [2.05, 4.69) is 15.5 Å². The molecule has 46 heavy (non-hydrogen) atoms. The minimum absolute atomic E-state index is 0.114. The number of quaternary nitrogens is 1. The van der Waals surface area contributed by atoms with Crippen LogP contribution in [0.25, 0.3) is 5.57 Å². The smallest absolute Gasteiger partial charge is 0.193 e. The van der Waals surface area contributed by atoms with Gasteiger partial charge in [0.1, 0.15) is 6.04 Å². The molecule has 5 aromatic carbocycles. The molecule has 0 saturated heterocycles. The van der Waals surface area contributed by atoms with Gasteiger partial charge in [0.15, 0.2) is 5.78 Å². The number of carbonyl (C=O) groups is 1. The van der Waals surface area contributed by atoms with Gasteiger partial charge in [-0.25, -0.2) is 0 Å². The Morgan fingerprint density at radius 2 is 1.07 bits per heavy atom. The van der Waals surface area contributed by atoms with E-state index < -0.39 is 6.04 Å². The first-order valence-electron chi connectivity index (χ1n) is 15.1. The molecule has 2 aliphatic rings. The summed E-state index contributed by atoms with van der Waals surface area (Å²) >= 11 is 0. The summed E-state index contributed by atoms with van der Waals surface area (Å²) in [5.74, 6) is -0.610. The van der Waals surface area contributed by atoms with Gasteiger partial charge in [0.05, 0.1) is 0 Å². The van der Waals surface area contributed by atoms with Gasteiger partial charge in [0, 0.05) is 68.2 Å². The molecule has 7 rings (SSSR count). The number of rotatable bonds is 7. The zero-order valence-electron chi connectivity index (χ0n) is 25.1. The Hall–Kier alpha value is -6.11. The Labute approximate surface area is 268 Å². The quantitative estimate of drug-likeness (QED) is 0.162. The maximum absolute atomic E-state index is 13.6. The highest BCUT2D eigenvalue weighted by atomic mass is 16.3. The molecular formula is C40H32N4O2. The molecule has 0 bridgehead atoms. The van der Waals surface area contributed by atoms with Crippen molar-refractivity contribution in [2.45, 2.75) is 6.04 Å². The monoisotopic (exact) mass is 600 g/mol. The van der Waals surface area contributed by atoms with Crippen LogP contribution >= 0.6 is 0 Å². The minimum atomic E-state index is -0.399. The third-order valence-corrected chi connectivity index (χ3v) is 8.28. The molecule has 1 unspecified atom stereocenters. The Morgan fingerprint density at radius 1 is 0.587 bits per heavy atom. The number of hydrogen-bond acceptors (Lipinski definition) is 5. The van der Waals surface area contributed by atoms with Crippen LogP contribution in [0.4, 0.5) is 34.1 Å². The van der Waals surface area contributed by atoms with Gasteiger partial charge in [-0.1, -0.05) is 84.6 Å². The molecule has 0 spiro atoms. The topological polar surface area (TPSA) is 100 Å². The molecule has 1 atom stereocenters. The molecule has 0 amide bonds. The maximum atomic E-state index is 13.6. The third-order valence-electron chi connectivity index (χ3n) is 8.28. The first-order chi connectivity index (χ1) is 22.5. The zero-order valence-corrected chi connectivity index (χ0v) is 25.1. The van der Waals surface area contributed by atoms with Gasteiger partial charge in [0.25, 0.3) is 0 Å². The standard InChI is InChI=1S/C40H32N4O2/c41-35-25-31(43(27-13-5-1-6-14-27)28-15-7-2-8-16-28)21-23-33(35)37-39(45)38(40(37)46)34-24-22-32(26-36(34)42)44(29-17-9-3-10-18-29)30-19-11-4-12-20-30/h1-26,35,45H,41-42H2/b37-33+. The van der Waals surface area contributed by atoms with Crippen molar-refractivity contribution >= 4 is 45.5 Å². The van der Waals surface area contributed by atoms with E-state index in [1.807, 2.05) is 152 Å². The maximum Gasteiger partial charge on any atom is 0.193 e. The second-order valence-corrected chi connectivity index (χ2v) is 11.2. The van der Waals surface area contributed by atoms with Crippen LogP contribution in [-0.4, -0.2) is 11.8 Å². The molecule has 0 aliphatic heterocycles. The van der Waals surface area contributed by atoms with Gasteiger partial charge in [-0.05, 0) is 72.8 Å². The predicted molar refractivity (Wildman–Crippen MR) is 183 cm³/mol. The zero-order chi connectivity index (χ0) is 31.6. The molecule has 0 aromatic heterocycles. The summed E-state index contributed by atoms with van der Waals surface area (Å²) in [6.07, 6.45) is 5.77. The van der Waals surface area contributed by atoms with E-state index in [0.717, 1.165) is 34.1 Å². The lowest BCUT2D eigenvalue weighted by Crippen LogP contribution is -2.62. The molecule has 0 radical (unpaired) electrons. The summed E-state index contributed by atoms with van der Waals surface area (Å²) in [5.41, 5.74) is 18.2. The molecule has 6 nitrogen and oxygen atoms in total. The summed E-state index contributed by atoms with van der Waals surface area (Å²) in [6, 6.07) is 45.2. The van der Waals surface area contributed by atoms with Gasteiger partial charge in [-0.3, -0.25) is 4.79 Å². The Balaban J connectivity index is 1.21. The van der Waals surface area contributed by atoms with Crippen LogP contribution < -0.4 is 26.4 Å². The normalized spacial score (nSPS) is 17.4. The van der Waals surface area contributed by atoms with Crippen LogP contribution in [0.15, 0.2) is 180 Å². The number of para-hydroxylation sites is 4. The van der Waals surface area contributed by atoms with Gasteiger partial charge in [-0.15, -0.1) is 0 Å². The number of carbonyl (C=O) groups excluding carboxylic acids is 1. The number of nitrogens with zero attached hydrogens (tertiary/aromatic N) is 2. The predicted octanol–water partition coefficient (Wildman–Crippen LogP) is 6.59. The summed E-state index contributed by atoms with van der Waals surface area (Å²) in [4.78, 5) is 17.8. The van der Waals surface area contributed by atoms with Crippen molar-refractivity contribution in [1.29, 1.82) is 0 Å². The van der Waals surface area contributed by atoms with E-state index >= 15 is 0 Å². The molecule has 5 aromatic rings.